The molecule has 0 spiro atoms. The van der Waals surface area contributed by atoms with Crippen LogP contribution in [0.15, 0.2) is 121 Å². The maximum Gasteiger partial charge on any atom is 0.323 e. The summed E-state index contributed by atoms with van der Waals surface area (Å²) in [6, 6.07) is 33.4. The Bertz CT molecular complexity index is 2650. The Morgan fingerprint density at radius 2 is 1.07 bits per heavy atom. The number of fused-ring (bicyclic) bond motifs is 2. The number of aromatic nitrogens is 2. The van der Waals surface area contributed by atoms with E-state index in [0.29, 0.717) is 28.4 Å². The second kappa shape index (κ2) is 18.8. The number of hydrogen-bond donors (Lipinski definition) is 4. The minimum Gasteiger partial charge on any atom is -0.480 e. The van der Waals surface area contributed by atoms with E-state index in [1.165, 1.54) is 12.2 Å². The molecule has 0 fully saturated rings. The molecule has 12 heteroatoms. The first-order valence-corrected chi connectivity index (χ1v) is 18.4. The number of carbonyl (C=O) groups is 4. The molecular formula is C46H42N6O6. The Balaban J connectivity index is 0.000000221. The Morgan fingerprint density at radius 3 is 1.52 bits per heavy atom. The van der Waals surface area contributed by atoms with Crippen LogP contribution in [-0.4, -0.2) is 43.1 Å². The summed E-state index contributed by atoms with van der Waals surface area (Å²) < 4.78 is 3.17. The van der Waals surface area contributed by atoms with Crippen molar-refractivity contribution < 1.29 is 29.4 Å². The number of nitrogens with one attached hydrogen (secondary N) is 2. The van der Waals surface area contributed by atoms with Gasteiger partial charge >= 0.3 is 11.9 Å². The van der Waals surface area contributed by atoms with Crippen LogP contribution in [0.25, 0.3) is 34.0 Å². The lowest BCUT2D eigenvalue weighted by molar-refractivity contribution is -0.138. The van der Waals surface area contributed by atoms with E-state index in [0.717, 1.165) is 32.9 Å². The SMILES string of the molecule is CC(C)c1ccc(NC(=O)C(C#N)=Cc2cn(CC(=O)O)c3ccccc23)cc1.CC(C)c1ccccc1NC(=O)C(C#N)=Cc1cn(CC(=O)O)c2ccccc12. The van der Waals surface area contributed by atoms with Gasteiger partial charge < -0.3 is 30.0 Å². The molecule has 0 unspecified atom stereocenters. The van der Waals surface area contributed by atoms with E-state index in [2.05, 4.69) is 24.5 Å². The highest BCUT2D eigenvalue weighted by molar-refractivity contribution is 6.12. The first-order chi connectivity index (χ1) is 27.8. The maximum absolute atomic E-state index is 12.7. The van der Waals surface area contributed by atoms with Gasteiger partial charge in [-0.15, -0.1) is 0 Å². The topological polar surface area (TPSA) is 190 Å². The number of benzene rings is 4. The molecule has 292 valence electrons. The largest absolute Gasteiger partial charge is 0.480 e. The average Bonchev–Trinajstić information content (AvgIpc) is 3.72. The summed E-state index contributed by atoms with van der Waals surface area (Å²) in [4.78, 5) is 47.6. The standard InChI is InChI=1S/2C23H21N3O3/c1-15(2)18-7-3-5-9-20(18)25-23(29)16(12-24)11-17-13-26(14-22(27)28)21-10-6-4-8-19(17)21;1-15(2)16-7-9-19(10-8-16)25-23(29)17(12-24)11-18-13-26(14-22(27)28)21-6-4-3-5-20(18)21/h2*3-11,13,15H,14H2,1-2H3,(H,25,29)(H,27,28). The number of anilines is 2. The van der Waals surface area contributed by atoms with Crippen LogP contribution < -0.4 is 10.6 Å². The monoisotopic (exact) mass is 774 g/mol. The van der Waals surface area contributed by atoms with Crippen LogP contribution in [-0.2, 0) is 32.3 Å². The fourth-order valence-corrected chi connectivity index (χ4v) is 6.40. The van der Waals surface area contributed by atoms with Crippen LogP contribution in [0.5, 0.6) is 0 Å². The number of rotatable bonds is 12. The summed E-state index contributed by atoms with van der Waals surface area (Å²) >= 11 is 0. The van der Waals surface area contributed by atoms with Crippen molar-refractivity contribution in [2.45, 2.75) is 52.6 Å². The Hall–Kier alpha value is -7.70. The Kier molecular flexibility index (Phi) is 13.4. The van der Waals surface area contributed by atoms with Crippen molar-refractivity contribution in [2.75, 3.05) is 10.6 Å². The predicted molar refractivity (Wildman–Crippen MR) is 225 cm³/mol. The number of amides is 2. The van der Waals surface area contributed by atoms with Crippen LogP contribution in [0.4, 0.5) is 11.4 Å². The zero-order chi connectivity index (χ0) is 41.9. The third kappa shape index (κ3) is 10.1. The van der Waals surface area contributed by atoms with Crippen LogP contribution >= 0.6 is 0 Å². The molecule has 4 aromatic carbocycles. The lowest BCUT2D eigenvalue weighted by Crippen LogP contribution is -2.15. The first kappa shape index (κ1) is 41.5. The van der Waals surface area contributed by atoms with Gasteiger partial charge in [0.2, 0.25) is 0 Å². The fraction of sp³-hybridized carbons (Fsp3) is 0.174. The van der Waals surface area contributed by atoms with E-state index in [9.17, 15) is 29.7 Å². The molecule has 2 amide bonds. The van der Waals surface area contributed by atoms with E-state index in [4.69, 9.17) is 10.2 Å². The number of nitrogens with zero attached hydrogens (tertiary/aromatic N) is 4. The third-order valence-corrected chi connectivity index (χ3v) is 9.25. The predicted octanol–water partition coefficient (Wildman–Crippen LogP) is 8.79. The summed E-state index contributed by atoms with van der Waals surface area (Å²) in [5.41, 5.74) is 5.98. The van der Waals surface area contributed by atoms with Gasteiger partial charge in [0.05, 0.1) is 0 Å². The van der Waals surface area contributed by atoms with Crippen molar-refractivity contribution in [1.82, 2.24) is 9.13 Å². The summed E-state index contributed by atoms with van der Waals surface area (Å²) in [6.45, 7) is 7.83. The van der Waals surface area contributed by atoms with Gasteiger partial charge in [0, 0.05) is 56.7 Å². The van der Waals surface area contributed by atoms with Crippen LogP contribution in [0.3, 0.4) is 0 Å². The van der Waals surface area contributed by atoms with Gasteiger partial charge in [0.25, 0.3) is 11.8 Å². The Labute approximate surface area is 335 Å². The van der Waals surface area contributed by atoms with Crippen molar-refractivity contribution in [1.29, 1.82) is 10.5 Å². The molecule has 0 radical (unpaired) electrons. The lowest BCUT2D eigenvalue weighted by Gasteiger charge is -2.13. The molecule has 0 atom stereocenters. The van der Waals surface area contributed by atoms with Crippen LogP contribution in [0, 0.1) is 22.7 Å². The highest BCUT2D eigenvalue weighted by Gasteiger charge is 2.17. The second-order valence-corrected chi connectivity index (χ2v) is 14.0. The van der Waals surface area contributed by atoms with Crippen LogP contribution in [0.2, 0.25) is 0 Å². The molecule has 6 rings (SSSR count). The van der Waals surface area contributed by atoms with Crippen LogP contribution in [0.1, 0.15) is 61.8 Å². The molecule has 0 aliphatic rings. The molecule has 0 saturated heterocycles. The molecule has 0 bridgehead atoms. The normalized spacial score (nSPS) is 11.4. The summed E-state index contributed by atoms with van der Waals surface area (Å²) in [7, 11) is 0. The molecule has 2 aromatic heterocycles. The van der Waals surface area contributed by atoms with Crippen molar-refractivity contribution >= 4 is 69.1 Å². The quantitative estimate of drug-likeness (QED) is 0.0701. The molecule has 0 aliphatic carbocycles. The van der Waals surface area contributed by atoms with Gasteiger partial charge in [-0.05, 0) is 65.4 Å². The lowest BCUT2D eigenvalue weighted by atomic mass is 10.0. The fourth-order valence-electron chi connectivity index (χ4n) is 6.40. The van der Waals surface area contributed by atoms with E-state index in [-0.39, 0.29) is 30.2 Å². The molecule has 4 N–H and O–H groups in total. The van der Waals surface area contributed by atoms with E-state index in [1.807, 2.05) is 92.7 Å². The zero-order valence-corrected chi connectivity index (χ0v) is 32.4. The number of aliphatic carboxylic acids is 2. The highest BCUT2D eigenvalue weighted by atomic mass is 16.4. The van der Waals surface area contributed by atoms with Gasteiger partial charge in [0.1, 0.15) is 36.4 Å². The van der Waals surface area contributed by atoms with Crippen molar-refractivity contribution in [3.8, 4) is 12.1 Å². The van der Waals surface area contributed by atoms with E-state index >= 15 is 0 Å². The number of carbonyl (C=O) groups excluding carboxylic acids is 2. The van der Waals surface area contributed by atoms with Gasteiger partial charge in [-0.1, -0.05) is 94.4 Å². The molecule has 6 aromatic rings. The molecular weight excluding hydrogens is 733 g/mol. The first-order valence-electron chi connectivity index (χ1n) is 18.4. The van der Waals surface area contributed by atoms with E-state index < -0.39 is 23.8 Å². The van der Waals surface area contributed by atoms with Crippen molar-refractivity contribution in [2.24, 2.45) is 0 Å². The molecule has 2 heterocycles. The molecule has 0 saturated carbocycles. The smallest absolute Gasteiger partial charge is 0.323 e. The molecule has 0 aliphatic heterocycles. The molecule has 12 nitrogen and oxygen atoms in total. The average molecular weight is 775 g/mol. The number of carboxylic acids is 2. The number of carboxylic acid groups (broad SMARTS) is 2. The number of hydrogen-bond acceptors (Lipinski definition) is 6. The van der Waals surface area contributed by atoms with Gasteiger partial charge in [0.15, 0.2) is 0 Å². The van der Waals surface area contributed by atoms with Crippen molar-refractivity contribution in [3.63, 3.8) is 0 Å². The number of nitriles is 2. The van der Waals surface area contributed by atoms with E-state index in [1.54, 1.807) is 51.9 Å². The van der Waals surface area contributed by atoms with Gasteiger partial charge in [-0.2, -0.15) is 10.5 Å². The summed E-state index contributed by atoms with van der Waals surface area (Å²) in [5, 5.41) is 44.4. The summed E-state index contributed by atoms with van der Waals surface area (Å²) in [6.07, 6.45) is 6.26. The Morgan fingerprint density at radius 1 is 0.621 bits per heavy atom. The maximum atomic E-state index is 12.7. The number of para-hydroxylation sites is 3. The van der Waals surface area contributed by atoms with Crippen molar-refractivity contribution in [3.05, 3.63) is 143 Å². The zero-order valence-electron chi connectivity index (χ0n) is 32.4. The van der Waals surface area contributed by atoms with Gasteiger partial charge in [-0.25, -0.2) is 0 Å². The minimum absolute atomic E-state index is 0.0539. The third-order valence-electron chi connectivity index (χ3n) is 9.25. The highest BCUT2D eigenvalue weighted by Crippen LogP contribution is 2.27. The summed E-state index contributed by atoms with van der Waals surface area (Å²) in [5.74, 6) is -2.35. The minimum atomic E-state index is -0.968. The molecule has 58 heavy (non-hydrogen) atoms. The second-order valence-electron chi connectivity index (χ2n) is 14.0. The van der Waals surface area contributed by atoms with Gasteiger partial charge in [-0.3, -0.25) is 19.2 Å².